The first-order valence-corrected chi connectivity index (χ1v) is 10.2. The van der Waals surface area contributed by atoms with Crippen LogP contribution in [0.25, 0.3) is 17.4 Å². The van der Waals surface area contributed by atoms with Crippen LogP contribution in [0.3, 0.4) is 0 Å². The number of carbonyl (C=O) groups is 1. The quantitative estimate of drug-likeness (QED) is 0.411. The molecule has 0 aliphatic carbocycles. The summed E-state index contributed by atoms with van der Waals surface area (Å²) in [5.74, 6) is 1.94. The lowest BCUT2D eigenvalue weighted by atomic mass is 9.90. The van der Waals surface area contributed by atoms with Gasteiger partial charge in [-0.15, -0.1) is 0 Å². The molecule has 0 atom stereocenters. The fourth-order valence-corrected chi connectivity index (χ4v) is 4.22. The van der Waals surface area contributed by atoms with Crippen molar-refractivity contribution in [1.82, 2.24) is 4.90 Å². The lowest BCUT2D eigenvalue weighted by Gasteiger charge is -2.18. The summed E-state index contributed by atoms with van der Waals surface area (Å²) >= 11 is 6.46. The summed E-state index contributed by atoms with van der Waals surface area (Å²) in [6, 6.07) is 8.00. The van der Waals surface area contributed by atoms with E-state index in [2.05, 4.69) is 39.8 Å². The van der Waals surface area contributed by atoms with Crippen LogP contribution in [0.5, 0.6) is 0 Å². The third kappa shape index (κ3) is 3.82. The average molecular weight is 401 g/mol. The van der Waals surface area contributed by atoms with Gasteiger partial charge >= 0.3 is 0 Å². The molecule has 1 amide bonds. The maximum Gasteiger partial charge on any atom is 0.266 e. The average Bonchev–Trinajstić information content (AvgIpc) is 3.16. The van der Waals surface area contributed by atoms with E-state index in [1.807, 2.05) is 12.1 Å². The number of furan rings is 1. The van der Waals surface area contributed by atoms with Crippen LogP contribution in [0.1, 0.15) is 56.4 Å². The van der Waals surface area contributed by atoms with E-state index in [9.17, 15) is 4.79 Å². The minimum Gasteiger partial charge on any atom is -0.457 e. The van der Waals surface area contributed by atoms with E-state index >= 15 is 0 Å². The van der Waals surface area contributed by atoms with Gasteiger partial charge in [0.25, 0.3) is 5.91 Å². The molecule has 1 aliphatic rings. The van der Waals surface area contributed by atoms with E-state index < -0.39 is 0 Å². The van der Waals surface area contributed by atoms with Gasteiger partial charge in [-0.2, -0.15) is 0 Å². The Bertz CT molecular complexity index is 912. The van der Waals surface area contributed by atoms with Crippen LogP contribution < -0.4 is 5.73 Å². The molecule has 2 aromatic rings. The Labute approximate surface area is 169 Å². The molecule has 4 nitrogen and oxygen atoms in total. The topological polar surface area (TPSA) is 59.5 Å². The van der Waals surface area contributed by atoms with Crippen molar-refractivity contribution in [3.05, 3.63) is 46.1 Å². The van der Waals surface area contributed by atoms with Crippen LogP contribution >= 0.6 is 24.0 Å². The highest BCUT2D eigenvalue weighted by atomic mass is 32.2. The Balaban J connectivity index is 2.00. The highest BCUT2D eigenvalue weighted by Crippen LogP contribution is 2.37. The molecule has 0 bridgehead atoms. The second-order valence-electron chi connectivity index (χ2n) is 7.32. The van der Waals surface area contributed by atoms with E-state index in [1.54, 1.807) is 13.1 Å². The third-order valence-electron chi connectivity index (χ3n) is 4.66. The van der Waals surface area contributed by atoms with Gasteiger partial charge in [0.05, 0.1) is 4.91 Å². The summed E-state index contributed by atoms with van der Waals surface area (Å²) in [6.45, 7) is 8.56. The lowest BCUT2D eigenvalue weighted by molar-refractivity contribution is -0.121. The minimum absolute atomic E-state index is 0.0976. The number of thioether (sulfide) groups is 1. The molecular weight excluding hydrogens is 376 g/mol. The first-order chi connectivity index (χ1) is 12.7. The molecule has 1 saturated heterocycles. The summed E-state index contributed by atoms with van der Waals surface area (Å²) in [6.07, 6.45) is 1.75. The van der Waals surface area contributed by atoms with Gasteiger partial charge in [0.2, 0.25) is 0 Å². The van der Waals surface area contributed by atoms with Gasteiger partial charge in [-0.05, 0) is 47.2 Å². The van der Waals surface area contributed by atoms with Crippen molar-refractivity contribution in [2.24, 2.45) is 0 Å². The summed E-state index contributed by atoms with van der Waals surface area (Å²) in [5, 5.41) is 0. The summed E-state index contributed by atoms with van der Waals surface area (Å²) in [4.78, 5) is 14.2. The van der Waals surface area contributed by atoms with Crippen molar-refractivity contribution in [3.63, 3.8) is 0 Å². The number of carbonyl (C=O) groups excluding carboxylic acids is 1. The summed E-state index contributed by atoms with van der Waals surface area (Å²) in [7, 11) is 1.68. The largest absolute Gasteiger partial charge is 0.457 e. The first kappa shape index (κ1) is 19.7. The number of nitrogen functional groups attached to an aromatic ring is 1. The van der Waals surface area contributed by atoms with Gasteiger partial charge in [-0.25, -0.2) is 0 Å². The number of hydrogen-bond donors (Lipinski definition) is 1. The van der Waals surface area contributed by atoms with Crippen LogP contribution in [0, 0.1) is 0 Å². The number of hydrogen-bond acceptors (Lipinski definition) is 5. The van der Waals surface area contributed by atoms with Crippen molar-refractivity contribution in [1.29, 1.82) is 0 Å². The highest BCUT2D eigenvalue weighted by Gasteiger charge is 2.29. The Kier molecular flexibility index (Phi) is 5.49. The zero-order valence-corrected chi connectivity index (χ0v) is 17.8. The van der Waals surface area contributed by atoms with Crippen LogP contribution in [-0.2, 0) is 4.79 Å². The van der Waals surface area contributed by atoms with Crippen molar-refractivity contribution >= 4 is 46.0 Å². The summed E-state index contributed by atoms with van der Waals surface area (Å²) < 4.78 is 6.57. The number of amides is 1. The van der Waals surface area contributed by atoms with Gasteiger partial charge in [0.15, 0.2) is 0 Å². The Morgan fingerprint density at radius 2 is 1.74 bits per heavy atom. The summed E-state index contributed by atoms with van der Waals surface area (Å²) in [5.41, 5.74) is 10.5. The van der Waals surface area contributed by atoms with E-state index in [1.165, 1.54) is 16.7 Å². The molecule has 6 heteroatoms. The molecule has 27 heavy (non-hydrogen) atoms. The fourth-order valence-electron chi connectivity index (χ4n) is 3.06. The van der Waals surface area contributed by atoms with Crippen LogP contribution in [0.2, 0.25) is 0 Å². The zero-order valence-electron chi connectivity index (χ0n) is 16.2. The number of likely N-dealkylation sites (N-methyl/N-ethyl adjacent to an activating group) is 1. The standard InChI is InChI=1S/C21H24N2O2S2/c1-11(2)15-8-13(9-16(12(3)4)19(15)22)17-7-6-14(25-17)10-18-20(24)23(5)21(26)27-18/h6-12H,22H2,1-5H3/b18-10+. The molecule has 142 valence electrons. The number of rotatable bonds is 4. The molecular formula is C21H24N2O2S2. The Morgan fingerprint density at radius 3 is 2.22 bits per heavy atom. The monoisotopic (exact) mass is 400 g/mol. The van der Waals surface area contributed by atoms with Crippen LogP contribution in [0.4, 0.5) is 5.69 Å². The van der Waals surface area contributed by atoms with E-state index in [-0.39, 0.29) is 5.91 Å². The molecule has 0 spiro atoms. The fraction of sp³-hybridized carbons (Fsp3) is 0.333. The van der Waals surface area contributed by atoms with Crippen molar-refractivity contribution < 1.29 is 9.21 Å². The smallest absolute Gasteiger partial charge is 0.266 e. The molecule has 2 N–H and O–H groups in total. The normalized spacial score (nSPS) is 16.4. The second-order valence-corrected chi connectivity index (χ2v) is 9.00. The predicted octanol–water partition coefficient (Wildman–Crippen LogP) is 5.61. The molecule has 0 unspecified atom stereocenters. The molecule has 0 saturated carbocycles. The molecule has 0 radical (unpaired) electrons. The van der Waals surface area contributed by atoms with Gasteiger partial charge in [0, 0.05) is 24.4 Å². The molecule has 1 aromatic heterocycles. The Hall–Kier alpha value is -2.05. The van der Waals surface area contributed by atoms with Crippen molar-refractivity contribution in [2.45, 2.75) is 39.5 Å². The highest BCUT2D eigenvalue weighted by molar-refractivity contribution is 8.26. The van der Waals surface area contributed by atoms with Gasteiger partial charge in [-0.3, -0.25) is 9.69 Å². The molecule has 1 aliphatic heterocycles. The first-order valence-electron chi connectivity index (χ1n) is 8.94. The minimum atomic E-state index is -0.0976. The maximum absolute atomic E-state index is 12.2. The SMILES string of the molecule is CC(C)c1cc(-c2ccc(/C=C3/SC(=S)N(C)C3=O)o2)cc(C(C)C)c1N. The van der Waals surface area contributed by atoms with Gasteiger partial charge < -0.3 is 10.2 Å². The third-order valence-corrected chi connectivity index (χ3v) is 6.14. The molecule has 3 rings (SSSR count). The van der Waals surface area contributed by atoms with E-state index in [0.29, 0.717) is 26.8 Å². The Morgan fingerprint density at radius 1 is 1.15 bits per heavy atom. The number of nitrogens with two attached hydrogens (primary N) is 1. The van der Waals surface area contributed by atoms with Crippen molar-refractivity contribution in [2.75, 3.05) is 12.8 Å². The number of thiocarbonyl (C=S) groups is 1. The zero-order chi connectivity index (χ0) is 19.9. The molecule has 1 aromatic carbocycles. The van der Waals surface area contributed by atoms with Gasteiger partial charge in [-0.1, -0.05) is 51.7 Å². The van der Waals surface area contributed by atoms with E-state index in [0.717, 1.165) is 28.1 Å². The maximum atomic E-state index is 12.2. The van der Waals surface area contributed by atoms with Gasteiger partial charge in [0.1, 0.15) is 15.8 Å². The van der Waals surface area contributed by atoms with Crippen molar-refractivity contribution in [3.8, 4) is 11.3 Å². The predicted molar refractivity (Wildman–Crippen MR) is 118 cm³/mol. The van der Waals surface area contributed by atoms with Crippen LogP contribution in [-0.4, -0.2) is 22.2 Å². The molecule has 2 heterocycles. The second kappa shape index (κ2) is 7.52. The number of benzene rings is 1. The van der Waals surface area contributed by atoms with E-state index in [4.69, 9.17) is 22.4 Å². The number of nitrogens with zero attached hydrogens (tertiary/aromatic N) is 1. The number of anilines is 1. The lowest BCUT2D eigenvalue weighted by Crippen LogP contribution is -2.22. The van der Waals surface area contributed by atoms with Crippen LogP contribution in [0.15, 0.2) is 33.6 Å². The molecule has 1 fully saturated rings.